The maximum absolute atomic E-state index is 12.8. The predicted molar refractivity (Wildman–Crippen MR) is 123 cm³/mol. The summed E-state index contributed by atoms with van der Waals surface area (Å²) in [5.41, 5.74) is 1.76. The van der Waals surface area contributed by atoms with Crippen molar-refractivity contribution in [1.29, 1.82) is 0 Å². The zero-order valence-corrected chi connectivity index (χ0v) is 19.1. The molecule has 4 rings (SSSR count). The van der Waals surface area contributed by atoms with Gasteiger partial charge in [-0.3, -0.25) is 9.52 Å². The van der Waals surface area contributed by atoms with Crippen LogP contribution in [0.2, 0.25) is 10.0 Å². The number of halogens is 2. The van der Waals surface area contributed by atoms with Gasteiger partial charge in [-0.1, -0.05) is 35.3 Å². The number of sulfonamides is 1. The first-order valence-electron chi connectivity index (χ1n) is 8.84. The summed E-state index contributed by atoms with van der Waals surface area (Å²) >= 11 is 13.2. The number of hydrogen-bond acceptors (Lipinski definition) is 6. The Hall–Kier alpha value is -2.72. The fraction of sp³-hybridized carbons (Fsp3) is 0.0500. The zero-order chi connectivity index (χ0) is 22.2. The van der Waals surface area contributed by atoms with Crippen LogP contribution in [0.3, 0.4) is 0 Å². The first-order valence-corrected chi connectivity index (χ1v) is 12.0. The molecule has 0 unspecified atom stereocenters. The van der Waals surface area contributed by atoms with Crippen LogP contribution in [-0.4, -0.2) is 23.2 Å². The maximum atomic E-state index is 12.8. The molecule has 11 heteroatoms. The average Bonchev–Trinajstić information content (AvgIpc) is 3.19. The number of hydrogen-bond donors (Lipinski definition) is 1. The highest BCUT2D eigenvalue weighted by Gasteiger charge is 2.16. The molecule has 0 radical (unpaired) electrons. The average molecular weight is 493 g/mol. The molecule has 0 aliphatic carbocycles. The van der Waals surface area contributed by atoms with Gasteiger partial charge in [0.15, 0.2) is 0 Å². The van der Waals surface area contributed by atoms with Gasteiger partial charge in [0.25, 0.3) is 15.6 Å². The van der Waals surface area contributed by atoms with E-state index >= 15 is 0 Å². The minimum absolute atomic E-state index is 0.0271. The summed E-state index contributed by atoms with van der Waals surface area (Å²) in [5, 5.41) is 6.65. The molecule has 2 aromatic heterocycles. The lowest BCUT2D eigenvalue weighted by Gasteiger charge is -2.10. The number of nitrogens with zero attached hydrogens (tertiary/aromatic N) is 3. The summed E-state index contributed by atoms with van der Waals surface area (Å²) in [6.45, 7) is 1.91. The molecule has 0 amide bonds. The Morgan fingerprint density at radius 3 is 2.52 bits per heavy atom. The van der Waals surface area contributed by atoms with Gasteiger partial charge in [-0.05, 0) is 43.3 Å². The van der Waals surface area contributed by atoms with Crippen LogP contribution in [0.4, 0.5) is 5.69 Å². The Bertz CT molecular complexity index is 1430. The third kappa shape index (κ3) is 4.49. The van der Waals surface area contributed by atoms with E-state index in [0.29, 0.717) is 11.4 Å². The molecule has 0 aliphatic rings. The molecular weight excluding hydrogens is 479 g/mol. The van der Waals surface area contributed by atoms with E-state index in [1.54, 1.807) is 18.2 Å². The molecule has 0 atom stereocenters. The molecule has 0 saturated heterocycles. The van der Waals surface area contributed by atoms with E-state index in [1.165, 1.54) is 41.8 Å². The van der Waals surface area contributed by atoms with Gasteiger partial charge >= 0.3 is 0 Å². The second-order valence-electron chi connectivity index (χ2n) is 6.46. The molecule has 0 aliphatic heterocycles. The van der Waals surface area contributed by atoms with Crippen molar-refractivity contribution < 1.29 is 8.42 Å². The third-order valence-electron chi connectivity index (χ3n) is 4.30. The Morgan fingerprint density at radius 2 is 1.84 bits per heavy atom. The van der Waals surface area contributed by atoms with Crippen molar-refractivity contribution in [3.63, 3.8) is 0 Å². The molecule has 0 saturated carbocycles. The SMILES string of the molecule is Cc1nc(-c2cccc(NS(=O)(=O)c3ccc(-n4ncc(Cl)c(Cl)c4=O)cc3)c2)cs1. The summed E-state index contributed by atoms with van der Waals surface area (Å²) in [5.74, 6) is 0. The number of aromatic nitrogens is 3. The minimum atomic E-state index is -3.85. The highest BCUT2D eigenvalue weighted by atomic mass is 35.5. The summed E-state index contributed by atoms with van der Waals surface area (Å²) < 4.78 is 29.2. The van der Waals surface area contributed by atoms with Gasteiger partial charge in [-0.2, -0.15) is 9.78 Å². The lowest BCUT2D eigenvalue weighted by molar-refractivity contribution is 0.601. The van der Waals surface area contributed by atoms with Gasteiger partial charge < -0.3 is 0 Å². The van der Waals surface area contributed by atoms with E-state index in [0.717, 1.165) is 20.9 Å². The van der Waals surface area contributed by atoms with Crippen molar-refractivity contribution in [3.05, 3.63) is 85.5 Å². The standard InChI is InChI=1S/C20H14Cl2N4O3S2/c1-12-24-18(11-30-12)13-3-2-4-14(9-13)25-31(28,29)16-7-5-15(6-8-16)26-20(27)19(22)17(21)10-23-26/h2-11,25H,1H3. The monoisotopic (exact) mass is 492 g/mol. The molecule has 0 bridgehead atoms. The zero-order valence-electron chi connectivity index (χ0n) is 15.9. The fourth-order valence-corrected chi connectivity index (χ4v) is 4.74. The quantitative estimate of drug-likeness (QED) is 0.432. The Kier molecular flexibility index (Phi) is 5.85. The van der Waals surface area contributed by atoms with Crippen molar-refractivity contribution in [2.24, 2.45) is 0 Å². The van der Waals surface area contributed by atoms with E-state index < -0.39 is 15.6 Å². The summed E-state index contributed by atoms with van der Waals surface area (Å²) in [4.78, 5) is 16.7. The molecule has 2 heterocycles. The van der Waals surface area contributed by atoms with Crippen LogP contribution < -0.4 is 10.3 Å². The second kappa shape index (κ2) is 8.43. The Labute approximate surface area is 192 Å². The van der Waals surface area contributed by atoms with E-state index in [-0.39, 0.29) is 14.9 Å². The van der Waals surface area contributed by atoms with Crippen LogP contribution in [0.25, 0.3) is 16.9 Å². The van der Waals surface area contributed by atoms with E-state index in [2.05, 4.69) is 14.8 Å². The number of thiazole rings is 1. The molecule has 7 nitrogen and oxygen atoms in total. The number of benzene rings is 2. The van der Waals surface area contributed by atoms with Gasteiger partial charge in [0.1, 0.15) is 5.02 Å². The lowest BCUT2D eigenvalue weighted by atomic mass is 10.1. The molecular formula is C20H14Cl2N4O3S2. The summed E-state index contributed by atoms with van der Waals surface area (Å²) in [6.07, 6.45) is 1.24. The maximum Gasteiger partial charge on any atom is 0.291 e. The number of aryl methyl sites for hydroxylation is 1. The minimum Gasteiger partial charge on any atom is -0.280 e. The normalized spacial score (nSPS) is 11.5. The molecule has 0 spiro atoms. The van der Waals surface area contributed by atoms with Gasteiger partial charge in [0.05, 0.1) is 32.5 Å². The van der Waals surface area contributed by atoms with E-state index in [9.17, 15) is 13.2 Å². The molecule has 2 aromatic carbocycles. The van der Waals surface area contributed by atoms with E-state index in [1.807, 2.05) is 18.4 Å². The molecule has 4 aromatic rings. The predicted octanol–water partition coefficient (Wildman–Crippen LogP) is 4.77. The van der Waals surface area contributed by atoms with E-state index in [4.69, 9.17) is 23.2 Å². The fourth-order valence-electron chi connectivity index (χ4n) is 2.82. The highest BCUT2D eigenvalue weighted by Crippen LogP contribution is 2.26. The third-order valence-corrected chi connectivity index (χ3v) is 7.22. The van der Waals surface area contributed by atoms with Crippen LogP contribution >= 0.6 is 34.5 Å². The van der Waals surface area contributed by atoms with Crippen LogP contribution in [0, 0.1) is 6.92 Å². The molecule has 158 valence electrons. The Morgan fingerprint density at radius 1 is 1.10 bits per heavy atom. The topological polar surface area (TPSA) is 93.9 Å². The number of anilines is 1. The van der Waals surface area contributed by atoms with Crippen LogP contribution in [0.5, 0.6) is 0 Å². The van der Waals surface area contributed by atoms with Crippen molar-refractivity contribution in [1.82, 2.24) is 14.8 Å². The molecule has 31 heavy (non-hydrogen) atoms. The number of nitrogens with one attached hydrogen (secondary N) is 1. The van der Waals surface area contributed by atoms with Crippen LogP contribution in [0.15, 0.2) is 69.8 Å². The second-order valence-corrected chi connectivity index (χ2v) is 9.99. The first kappa shape index (κ1) is 21.5. The lowest BCUT2D eigenvalue weighted by Crippen LogP contribution is -2.21. The first-order chi connectivity index (χ1) is 14.7. The number of rotatable bonds is 5. The largest absolute Gasteiger partial charge is 0.291 e. The van der Waals surface area contributed by atoms with Crippen molar-refractivity contribution in [2.75, 3.05) is 4.72 Å². The summed E-state index contributed by atoms with van der Waals surface area (Å²) in [7, 11) is -3.85. The van der Waals surface area contributed by atoms with Gasteiger partial charge in [-0.15, -0.1) is 11.3 Å². The highest BCUT2D eigenvalue weighted by molar-refractivity contribution is 7.92. The van der Waals surface area contributed by atoms with Crippen LogP contribution in [-0.2, 0) is 10.0 Å². The van der Waals surface area contributed by atoms with Crippen LogP contribution in [0.1, 0.15) is 5.01 Å². The van der Waals surface area contributed by atoms with Crippen molar-refractivity contribution in [2.45, 2.75) is 11.8 Å². The molecule has 1 N–H and O–H groups in total. The Balaban J connectivity index is 1.60. The smallest absolute Gasteiger partial charge is 0.280 e. The summed E-state index contributed by atoms with van der Waals surface area (Å²) in [6, 6.07) is 12.7. The van der Waals surface area contributed by atoms with Gasteiger partial charge in [0, 0.05) is 16.6 Å². The van der Waals surface area contributed by atoms with Gasteiger partial charge in [-0.25, -0.2) is 13.4 Å². The van der Waals surface area contributed by atoms with Gasteiger partial charge in [0.2, 0.25) is 0 Å². The molecule has 0 fully saturated rings. The van der Waals surface area contributed by atoms with Crippen molar-refractivity contribution >= 4 is 50.2 Å². The van der Waals surface area contributed by atoms with Crippen molar-refractivity contribution in [3.8, 4) is 16.9 Å².